The van der Waals surface area contributed by atoms with E-state index >= 15 is 0 Å². The van der Waals surface area contributed by atoms with Crippen LogP contribution >= 0.6 is 27.7 Å². The Morgan fingerprint density at radius 3 is 2.60 bits per heavy atom. The number of amides is 1. The zero-order valence-corrected chi connectivity index (χ0v) is 21.2. The fraction of sp³-hybridized carbons (Fsp3) is 0.0714. The molecular weight excluding hydrogens is 524 g/mol. The quantitative estimate of drug-likeness (QED) is 0.263. The zero-order chi connectivity index (χ0) is 24.2. The SMILES string of the molecule is COc1ccc(N=C2NC(=O)/C(=C/c3ccc(OCc4cccc5ccccc45)c(Br)c3)S2)cc1. The Hall–Kier alpha value is -3.55. The normalized spacial score (nSPS) is 15.5. The van der Waals surface area contributed by atoms with Gasteiger partial charge in [-0.15, -0.1) is 0 Å². The molecule has 4 aromatic carbocycles. The number of thioether (sulfide) groups is 1. The second-order valence-corrected chi connectivity index (χ2v) is 9.68. The molecule has 174 valence electrons. The van der Waals surface area contributed by atoms with Gasteiger partial charge in [-0.2, -0.15) is 0 Å². The summed E-state index contributed by atoms with van der Waals surface area (Å²) in [6.07, 6.45) is 1.84. The van der Waals surface area contributed by atoms with E-state index in [1.807, 2.05) is 66.7 Å². The maximum absolute atomic E-state index is 12.5. The third-order valence-corrected chi connectivity index (χ3v) is 7.00. The van der Waals surface area contributed by atoms with Gasteiger partial charge in [0.25, 0.3) is 5.91 Å². The first-order valence-corrected chi connectivity index (χ1v) is 12.5. The molecule has 5 nitrogen and oxygen atoms in total. The van der Waals surface area contributed by atoms with Crippen molar-refractivity contribution in [1.29, 1.82) is 0 Å². The van der Waals surface area contributed by atoms with Crippen molar-refractivity contribution in [1.82, 2.24) is 5.32 Å². The molecule has 5 rings (SSSR count). The van der Waals surface area contributed by atoms with Gasteiger partial charge in [-0.3, -0.25) is 4.79 Å². The maximum atomic E-state index is 12.5. The van der Waals surface area contributed by atoms with Crippen molar-refractivity contribution in [2.75, 3.05) is 7.11 Å². The van der Waals surface area contributed by atoms with Crippen molar-refractivity contribution >= 4 is 61.3 Å². The van der Waals surface area contributed by atoms with Gasteiger partial charge in [0.1, 0.15) is 18.1 Å². The van der Waals surface area contributed by atoms with E-state index in [4.69, 9.17) is 9.47 Å². The van der Waals surface area contributed by atoms with Crippen LogP contribution in [0.25, 0.3) is 16.8 Å². The van der Waals surface area contributed by atoms with E-state index < -0.39 is 0 Å². The van der Waals surface area contributed by atoms with Gasteiger partial charge in [0, 0.05) is 0 Å². The number of benzene rings is 4. The second-order valence-electron chi connectivity index (χ2n) is 7.80. The van der Waals surface area contributed by atoms with Crippen molar-refractivity contribution in [3.8, 4) is 11.5 Å². The van der Waals surface area contributed by atoms with E-state index in [1.54, 1.807) is 7.11 Å². The van der Waals surface area contributed by atoms with Gasteiger partial charge in [-0.25, -0.2) is 4.99 Å². The molecule has 0 aromatic heterocycles. The fourth-order valence-electron chi connectivity index (χ4n) is 3.70. The van der Waals surface area contributed by atoms with Gasteiger partial charge in [0.15, 0.2) is 5.17 Å². The minimum atomic E-state index is -0.172. The Labute approximate surface area is 216 Å². The van der Waals surface area contributed by atoms with Crippen LogP contribution in [0.5, 0.6) is 11.5 Å². The number of nitrogens with one attached hydrogen (secondary N) is 1. The Morgan fingerprint density at radius 1 is 1.00 bits per heavy atom. The molecule has 4 aromatic rings. The topological polar surface area (TPSA) is 59.9 Å². The smallest absolute Gasteiger partial charge is 0.264 e. The molecule has 7 heteroatoms. The average Bonchev–Trinajstić information content (AvgIpc) is 3.22. The number of nitrogens with zero attached hydrogens (tertiary/aromatic N) is 1. The predicted octanol–water partition coefficient (Wildman–Crippen LogP) is 7.08. The van der Waals surface area contributed by atoms with Gasteiger partial charge in [-0.05, 0) is 92.1 Å². The van der Waals surface area contributed by atoms with Crippen molar-refractivity contribution < 1.29 is 14.3 Å². The first kappa shape index (κ1) is 23.2. The molecule has 1 heterocycles. The van der Waals surface area contributed by atoms with E-state index in [2.05, 4.69) is 50.5 Å². The number of ether oxygens (including phenoxy) is 2. The summed E-state index contributed by atoms with van der Waals surface area (Å²) >= 11 is 4.92. The van der Waals surface area contributed by atoms with E-state index in [9.17, 15) is 4.79 Å². The molecule has 1 N–H and O–H groups in total. The van der Waals surface area contributed by atoms with Gasteiger partial charge >= 0.3 is 0 Å². The highest BCUT2D eigenvalue weighted by atomic mass is 79.9. The number of methoxy groups -OCH3 is 1. The first-order chi connectivity index (χ1) is 17.1. The Kier molecular flexibility index (Phi) is 6.88. The van der Waals surface area contributed by atoms with Crippen LogP contribution in [0.15, 0.2) is 99.3 Å². The summed E-state index contributed by atoms with van der Waals surface area (Å²) in [7, 11) is 1.62. The molecule has 0 spiro atoms. The summed E-state index contributed by atoms with van der Waals surface area (Å²) in [5.41, 5.74) is 2.76. The molecule has 1 aliphatic heterocycles. The number of carbonyl (C=O) groups excluding carboxylic acids is 1. The molecule has 1 fully saturated rings. The molecule has 0 aliphatic carbocycles. The van der Waals surface area contributed by atoms with Crippen LogP contribution in [0.3, 0.4) is 0 Å². The molecule has 1 aliphatic rings. The fourth-order valence-corrected chi connectivity index (χ4v) is 5.06. The van der Waals surface area contributed by atoms with E-state index in [0.717, 1.165) is 32.8 Å². The largest absolute Gasteiger partial charge is 0.497 e. The number of fused-ring (bicyclic) bond motifs is 1. The summed E-state index contributed by atoms with van der Waals surface area (Å²) in [5.74, 6) is 1.33. The molecule has 35 heavy (non-hydrogen) atoms. The van der Waals surface area contributed by atoms with Crippen LogP contribution < -0.4 is 14.8 Å². The van der Waals surface area contributed by atoms with Crippen LogP contribution in [0.2, 0.25) is 0 Å². The lowest BCUT2D eigenvalue weighted by molar-refractivity contribution is -0.115. The summed E-state index contributed by atoms with van der Waals surface area (Å²) in [5, 5.41) is 5.74. The maximum Gasteiger partial charge on any atom is 0.264 e. The van der Waals surface area contributed by atoms with Crippen LogP contribution in [0.4, 0.5) is 5.69 Å². The lowest BCUT2D eigenvalue weighted by Gasteiger charge is -2.11. The summed E-state index contributed by atoms with van der Waals surface area (Å²) in [6, 6.07) is 27.6. The predicted molar refractivity (Wildman–Crippen MR) is 146 cm³/mol. The monoisotopic (exact) mass is 544 g/mol. The minimum absolute atomic E-state index is 0.172. The molecular formula is C28H21BrN2O3S. The number of carbonyl (C=O) groups is 1. The molecule has 1 amide bonds. The number of hydrogen-bond donors (Lipinski definition) is 1. The Balaban J connectivity index is 1.28. The number of aliphatic imine (C=N–C) groups is 1. The van der Waals surface area contributed by atoms with E-state index in [1.165, 1.54) is 22.5 Å². The number of hydrogen-bond acceptors (Lipinski definition) is 5. The minimum Gasteiger partial charge on any atom is -0.497 e. The Morgan fingerprint density at radius 2 is 1.80 bits per heavy atom. The summed E-state index contributed by atoms with van der Waals surface area (Å²) in [4.78, 5) is 17.5. The van der Waals surface area contributed by atoms with Crippen molar-refractivity contribution in [3.63, 3.8) is 0 Å². The molecule has 1 saturated heterocycles. The summed E-state index contributed by atoms with van der Waals surface area (Å²) in [6.45, 7) is 0.462. The lowest BCUT2D eigenvalue weighted by Crippen LogP contribution is -2.19. The third kappa shape index (κ3) is 5.42. The van der Waals surface area contributed by atoms with Gasteiger partial charge in [0.05, 0.1) is 22.2 Å². The molecule has 0 radical (unpaired) electrons. The molecule has 0 saturated carbocycles. The summed E-state index contributed by atoms with van der Waals surface area (Å²) < 4.78 is 12.1. The van der Waals surface area contributed by atoms with Crippen molar-refractivity contribution in [3.05, 3.63) is 105 Å². The highest BCUT2D eigenvalue weighted by Crippen LogP contribution is 2.32. The first-order valence-electron chi connectivity index (χ1n) is 10.9. The van der Waals surface area contributed by atoms with Gasteiger partial charge in [0.2, 0.25) is 0 Å². The molecule has 0 bridgehead atoms. The zero-order valence-electron chi connectivity index (χ0n) is 18.8. The molecule has 0 atom stereocenters. The Bertz CT molecular complexity index is 1460. The van der Waals surface area contributed by atoms with Crippen LogP contribution in [-0.4, -0.2) is 18.2 Å². The van der Waals surface area contributed by atoms with E-state index in [-0.39, 0.29) is 5.91 Å². The van der Waals surface area contributed by atoms with Crippen LogP contribution in [-0.2, 0) is 11.4 Å². The highest BCUT2D eigenvalue weighted by Gasteiger charge is 2.24. The average molecular weight is 545 g/mol. The van der Waals surface area contributed by atoms with Crippen LogP contribution in [0, 0.1) is 0 Å². The lowest BCUT2D eigenvalue weighted by atomic mass is 10.1. The van der Waals surface area contributed by atoms with Crippen molar-refractivity contribution in [2.45, 2.75) is 6.61 Å². The van der Waals surface area contributed by atoms with Crippen LogP contribution in [0.1, 0.15) is 11.1 Å². The van der Waals surface area contributed by atoms with E-state index in [0.29, 0.717) is 16.7 Å². The highest BCUT2D eigenvalue weighted by molar-refractivity contribution is 9.10. The number of amidine groups is 1. The van der Waals surface area contributed by atoms with Gasteiger partial charge < -0.3 is 14.8 Å². The number of halogens is 1. The van der Waals surface area contributed by atoms with Crippen molar-refractivity contribution in [2.24, 2.45) is 4.99 Å². The van der Waals surface area contributed by atoms with Gasteiger partial charge in [-0.1, -0.05) is 48.5 Å². The third-order valence-electron chi connectivity index (χ3n) is 5.47. The standard InChI is InChI=1S/C28H21BrN2O3S/c1-33-22-12-10-21(11-13-22)30-28-31-27(32)26(35-28)16-18-9-14-25(24(29)15-18)34-17-20-7-4-6-19-5-2-3-8-23(19)20/h2-16H,17H2,1H3,(H,30,31,32)/b26-16-. The number of rotatable bonds is 6. The second kappa shape index (κ2) is 10.4. The molecule has 0 unspecified atom stereocenters.